The molecule has 15 heavy (non-hydrogen) atoms. The molecule has 1 aromatic heterocycles. The number of nitrogens with zero attached hydrogens (tertiary/aromatic N) is 2. The maximum Gasteiger partial charge on any atom is 0.180 e. The molecule has 1 aromatic rings. The molecule has 0 amide bonds. The van der Waals surface area contributed by atoms with E-state index in [9.17, 15) is 0 Å². The Hall–Kier alpha value is -0.870. The Labute approximate surface area is 90.7 Å². The average Bonchev–Trinajstić information content (AvgIpc) is 2.79. The van der Waals surface area contributed by atoms with Gasteiger partial charge in [-0.15, -0.1) is 0 Å². The van der Waals surface area contributed by atoms with Crippen molar-refractivity contribution in [1.29, 1.82) is 0 Å². The Morgan fingerprint density at radius 2 is 2.20 bits per heavy atom. The number of hydrogen-bond acceptors (Lipinski definition) is 4. The summed E-state index contributed by atoms with van der Waals surface area (Å²) in [5.74, 6) is 0.911. The fourth-order valence-corrected chi connectivity index (χ4v) is 1.96. The molecule has 0 unspecified atom stereocenters. The van der Waals surface area contributed by atoms with Crippen LogP contribution in [0, 0.1) is 0 Å². The van der Waals surface area contributed by atoms with E-state index in [0.717, 1.165) is 25.4 Å². The third-order valence-electron chi connectivity index (χ3n) is 2.84. The van der Waals surface area contributed by atoms with Gasteiger partial charge in [-0.1, -0.05) is 6.42 Å². The molecule has 0 bridgehead atoms. The maximum atomic E-state index is 5.14. The number of piperidine rings is 1. The SMILES string of the molecule is c1ncc(CNCCN2CCCCC2)o1. The lowest BCUT2D eigenvalue weighted by atomic mass is 10.1. The first-order chi connectivity index (χ1) is 7.45. The second kappa shape index (κ2) is 5.88. The summed E-state index contributed by atoms with van der Waals surface area (Å²) >= 11 is 0. The highest BCUT2D eigenvalue weighted by atomic mass is 16.3. The van der Waals surface area contributed by atoms with Crippen LogP contribution in [0.25, 0.3) is 0 Å². The lowest BCUT2D eigenvalue weighted by molar-refractivity contribution is 0.228. The topological polar surface area (TPSA) is 41.3 Å². The van der Waals surface area contributed by atoms with Crippen molar-refractivity contribution in [2.75, 3.05) is 26.2 Å². The zero-order valence-corrected chi connectivity index (χ0v) is 9.11. The summed E-state index contributed by atoms with van der Waals surface area (Å²) in [4.78, 5) is 6.40. The van der Waals surface area contributed by atoms with Crippen LogP contribution in [0.5, 0.6) is 0 Å². The van der Waals surface area contributed by atoms with E-state index in [1.807, 2.05) is 0 Å². The quantitative estimate of drug-likeness (QED) is 0.741. The van der Waals surface area contributed by atoms with Gasteiger partial charge in [-0.2, -0.15) is 0 Å². The summed E-state index contributed by atoms with van der Waals surface area (Å²) in [7, 11) is 0. The average molecular weight is 209 g/mol. The summed E-state index contributed by atoms with van der Waals surface area (Å²) in [5.41, 5.74) is 0. The van der Waals surface area contributed by atoms with Crippen molar-refractivity contribution < 1.29 is 4.42 Å². The van der Waals surface area contributed by atoms with Crippen molar-refractivity contribution in [3.05, 3.63) is 18.4 Å². The van der Waals surface area contributed by atoms with Crippen molar-refractivity contribution in [3.8, 4) is 0 Å². The zero-order valence-electron chi connectivity index (χ0n) is 9.11. The highest BCUT2D eigenvalue weighted by molar-refractivity contribution is 4.86. The first-order valence-corrected chi connectivity index (χ1v) is 5.75. The minimum Gasteiger partial charge on any atom is -0.447 e. The fraction of sp³-hybridized carbons (Fsp3) is 0.727. The van der Waals surface area contributed by atoms with Gasteiger partial charge in [0.25, 0.3) is 0 Å². The van der Waals surface area contributed by atoms with Crippen molar-refractivity contribution >= 4 is 0 Å². The predicted octanol–water partition coefficient (Wildman–Crippen LogP) is 1.25. The Kier molecular flexibility index (Phi) is 4.17. The van der Waals surface area contributed by atoms with E-state index in [1.54, 1.807) is 6.20 Å². The molecule has 4 nitrogen and oxygen atoms in total. The minimum atomic E-state index is 0.786. The lowest BCUT2D eigenvalue weighted by Gasteiger charge is -2.26. The van der Waals surface area contributed by atoms with Gasteiger partial charge in [0.1, 0.15) is 5.76 Å². The normalized spacial score (nSPS) is 18.1. The summed E-state index contributed by atoms with van der Waals surface area (Å²) in [6.45, 7) is 5.50. The molecule has 1 aliphatic rings. The molecule has 0 spiro atoms. The van der Waals surface area contributed by atoms with E-state index >= 15 is 0 Å². The van der Waals surface area contributed by atoms with Gasteiger partial charge < -0.3 is 14.6 Å². The second-order valence-electron chi connectivity index (χ2n) is 4.05. The molecular weight excluding hydrogens is 190 g/mol. The van der Waals surface area contributed by atoms with E-state index in [-0.39, 0.29) is 0 Å². The van der Waals surface area contributed by atoms with Crippen LogP contribution >= 0.6 is 0 Å². The third kappa shape index (κ3) is 3.64. The van der Waals surface area contributed by atoms with Gasteiger partial charge in [0.05, 0.1) is 12.7 Å². The van der Waals surface area contributed by atoms with Gasteiger partial charge in [-0.25, -0.2) is 4.98 Å². The number of rotatable bonds is 5. The molecule has 1 fully saturated rings. The van der Waals surface area contributed by atoms with Gasteiger partial charge in [-0.3, -0.25) is 0 Å². The van der Waals surface area contributed by atoms with Crippen molar-refractivity contribution in [1.82, 2.24) is 15.2 Å². The molecule has 1 saturated heterocycles. The van der Waals surface area contributed by atoms with Crippen molar-refractivity contribution in [2.45, 2.75) is 25.8 Å². The van der Waals surface area contributed by atoms with Crippen LogP contribution in [0.3, 0.4) is 0 Å². The smallest absolute Gasteiger partial charge is 0.180 e. The highest BCUT2D eigenvalue weighted by Gasteiger charge is 2.08. The summed E-state index contributed by atoms with van der Waals surface area (Å²) in [5, 5.41) is 3.36. The first-order valence-electron chi connectivity index (χ1n) is 5.75. The third-order valence-corrected chi connectivity index (χ3v) is 2.84. The monoisotopic (exact) mass is 209 g/mol. The number of nitrogens with one attached hydrogen (secondary N) is 1. The van der Waals surface area contributed by atoms with Gasteiger partial charge in [0, 0.05) is 13.1 Å². The van der Waals surface area contributed by atoms with Crippen LogP contribution in [0.1, 0.15) is 25.0 Å². The lowest BCUT2D eigenvalue weighted by Crippen LogP contribution is -2.35. The Bertz CT molecular complexity index is 255. The second-order valence-corrected chi connectivity index (χ2v) is 4.05. The minimum absolute atomic E-state index is 0.786. The predicted molar refractivity (Wildman–Crippen MR) is 58.5 cm³/mol. The Morgan fingerprint density at radius 1 is 1.33 bits per heavy atom. The molecular formula is C11H19N3O. The zero-order chi connectivity index (χ0) is 10.3. The maximum absolute atomic E-state index is 5.14. The Morgan fingerprint density at radius 3 is 2.93 bits per heavy atom. The first kappa shape index (κ1) is 10.6. The molecule has 84 valence electrons. The van der Waals surface area contributed by atoms with Gasteiger partial charge in [0.2, 0.25) is 0 Å². The fourth-order valence-electron chi connectivity index (χ4n) is 1.96. The summed E-state index contributed by atoms with van der Waals surface area (Å²) < 4.78 is 5.14. The van der Waals surface area contributed by atoms with Crippen LogP contribution in [-0.2, 0) is 6.54 Å². The Balaban J connectivity index is 1.54. The molecule has 0 saturated carbocycles. The largest absolute Gasteiger partial charge is 0.447 e. The standard InChI is InChI=1S/C11H19N3O/c1-2-5-14(6-3-1)7-4-12-8-11-9-13-10-15-11/h9-10,12H,1-8H2. The summed E-state index contributed by atoms with van der Waals surface area (Å²) in [6, 6.07) is 0. The molecule has 0 atom stereocenters. The highest BCUT2D eigenvalue weighted by Crippen LogP contribution is 2.07. The molecule has 2 heterocycles. The number of oxazole rings is 1. The molecule has 1 N–H and O–H groups in total. The van der Waals surface area contributed by atoms with Gasteiger partial charge in [-0.05, 0) is 25.9 Å². The van der Waals surface area contributed by atoms with Crippen molar-refractivity contribution in [2.24, 2.45) is 0 Å². The molecule has 0 aliphatic carbocycles. The van der Waals surface area contributed by atoms with E-state index < -0.39 is 0 Å². The molecule has 0 aromatic carbocycles. The van der Waals surface area contributed by atoms with Gasteiger partial charge in [0.15, 0.2) is 6.39 Å². The van der Waals surface area contributed by atoms with E-state index in [1.165, 1.54) is 38.7 Å². The number of likely N-dealkylation sites (tertiary alicyclic amines) is 1. The molecule has 2 rings (SSSR count). The van der Waals surface area contributed by atoms with Crippen molar-refractivity contribution in [3.63, 3.8) is 0 Å². The van der Waals surface area contributed by atoms with Crippen LogP contribution in [0.2, 0.25) is 0 Å². The van der Waals surface area contributed by atoms with Crippen LogP contribution in [0.4, 0.5) is 0 Å². The molecule has 0 radical (unpaired) electrons. The number of hydrogen-bond donors (Lipinski definition) is 1. The molecule has 4 heteroatoms. The van der Waals surface area contributed by atoms with Crippen LogP contribution in [-0.4, -0.2) is 36.1 Å². The van der Waals surface area contributed by atoms with E-state index in [2.05, 4.69) is 15.2 Å². The van der Waals surface area contributed by atoms with Crippen LogP contribution < -0.4 is 5.32 Å². The van der Waals surface area contributed by atoms with Gasteiger partial charge >= 0.3 is 0 Å². The van der Waals surface area contributed by atoms with Crippen LogP contribution in [0.15, 0.2) is 17.0 Å². The molecule has 1 aliphatic heterocycles. The number of aromatic nitrogens is 1. The summed E-state index contributed by atoms with van der Waals surface area (Å²) in [6.07, 6.45) is 7.36. The van der Waals surface area contributed by atoms with E-state index in [4.69, 9.17) is 4.42 Å². The van der Waals surface area contributed by atoms with E-state index in [0.29, 0.717) is 0 Å².